The van der Waals surface area contributed by atoms with Crippen molar-refractivity contribution in [1.82, 2.24) is 9.55 Å². The maximum absolute atomic E-state index is 5.01. The summed E-state index contributed by atoms with van der Waals surface area (Å²) in [6.45, 7) is 0. The molecule has 0 N–H and O–H groups in total. The average molecular weight is 764 g/mol. The van der Waals surface area contributed by atoms with E-state index in [2.05, 4.69) is 222 Å². The summed E-state index contributed by atoms with van der Waals surface area (Å²) in [5.74, 6) is 0. The Morgan fingerprint density at radius 2 is 0.883 bits per heavy atom. The van der Waals surface area contributed by atoms with E-state index in [1.165, 1.54) is 70.7 Å². The molecule has 0 saturated heterocycles. The molecule has 0 bridgehead atoms. The summed E-state index contributed by atoms with van der Waals surface area (Å²) in [5, 5.41) is 12.2. The van der Waals surface area contributed by atoms with E-state index in [0.717, 1.165) is 39.3 Å². The number of benzene rings is 10. The Morgan fingerprint density at radius 1 is 0.350 bits per heavy atom. The van der Waals surface area contributed by atoms with Gasteiger partial charge in [-0.25, -0.2) is 4.98 Å². The number of nitrogens with zero attached hydrogens (tertiary/aromatic N) is 3. The molecular weight excluding hydrogens is 727 g/mol. The third-order valence-corrected chi connectivity index (χ3v) is 12.2. The molecule has 0 aliphatic heterocycles. The van der Waals surface area contributed by atoms with Gasteiger partial charge in [-0.2, -0.15) is 0 Å². The van der Waals surface area contributed by atoms with E-state index in [1.807, 2.05) is 12.3 Å². The molecule has 12 rings (SSSR count). The van der Waals surface area contributed by atoms with E-state index < -0.39 is 0 Å². The highest BCUT2D eigenvalue weighted by molar-refractivity contribution is 6.22. The first-order valence-electron chi connectivity index (χ1n) is 20.5. The first kappa shape index (κ1) is 34.1. The fraction of sp³-hybridized carbons (Fsp3) is 0. The van der Waals surface area contributed by atoms with Crippen molar-refractivity contribution in [2.45, 2.75) is 0 Å². The number of rotatable bonds is 6. The zero-order valence-corrected chi connectivity index (χ0v) is 32.7. The molecule has 10 aromatic carbocycles. The number of hydrogen-bond acceptors (Lipinski definition) is 2. The average Bonchev–Trinajstić information content (AvgIpc) is 3.65. The molecule has 0 unspecified atom stereocenters. The predicted molar refractivity (Wildman–Crippen MR) is 254 cm³/mol. The number of hydrogen-bond donors (Lipinski definition) is 0. The van der Waals surface area contributed by atoms with Crippen molar-refractivity contribution >= 4 is 82.1 Å². The Morgan fingerprint density at radius 3 is 1.57 bits per heavy atom. The molecule has 0 radical (unpaired) electrons. The number of pyridine rings is 1. The van der Waals surface area contributed by atoms with Crippen molar-refractivity contribution in [3.63, 3.8) is 0 Å². The predicted octanol–water partition coefficient (Wildman–Crippen LogP) is 15.6. The summed E-state index contributed by atoms with van der Waals surface area (Å²) in [6.07, 6.45) is 1.90. The Labute approximate surface area is 347 Å². The van der Waals surface area contributed by atoms with Crippen LogP contribution in [0.2, 0.25) is 0 Å². The fourth-order valence-electron chi connectivity index (χ4n) is 9.59. The van der Waals surface area contributed by atoms with Crippen molar-refractivity contribution < 1.29 is 0 Å². The molecule has 12 aromatic rings. The Kier molecular flexibility index (Phi) is 7.85. The van der Waals surface area contributed by atoms with Crippen LogP contribution in [0.15, 0.2) is 225 Å². The molecule has 3 heteroatoms. The lowest BCUT2D eigenvalue weighted by Gasteiger charge is -2.27. The van der Waals surface area contributed by atoms with E-state index in [1.54, 1.807) is 0 Å². The molecule has 60 heavy (non-hydrogen) atoms. The van der Waals surface area contributed by atoms with Crippen LogP contribution in [-0.2, 0) is 0 Å². The van der Waals surface area contributed by atoms with Crippen LogP contribution in [0.5, 0.6) is 0 Å². The van der Waals surface area contributed by atoms with E-state index in [0.29, 0.717) is 0 Å². The summed E-state index contributed by atoms with van der Waals surface area (Å²) >= 11 is 0. The van der Waals surface area contributed by atoms with Gasteiger partial charge >= 0.3 is 0 Å². The van der Waals surface area contributed by atoms with Gasteiger partial charge in [0.2, 0.25) is 0 Å². The second-order valence-corrected chi connectivity index (χ2v) is 15.5. The van der Waals surface area contributed by atoms with Crippen LogP contribution < -0.4 is 4.90 Å². The largest absolute Gasteiger partial charge is 0.310 e. The minimum absolute atomic E-state index is 0.937. The van der Waals surface area contributed by atoms with E-state index >= 15 is 0 Å². The smallest absolute Gasteiger partial charge is 0.145 e. The van der Waals surface area contributed by atoms with Gasteiger partial charge in [-0.15, -0.1) is 0 Å². The van der Waals surface area contributed by atoms with Crippen LogP contribution in [0.4, 0.5) is 17.1 Å². The van der Waals surface area contributed by atoms with Gasteiger partial charge < -0.3 is 4.90 Å². The molecule has 0 aliphatic carbocycles. The molecule has 0 atom stereocenters. The second kappa shape index (κ2) is 13.8. The highest BCUT2D eigenvalue weighted by Gasteiger charge is 2.21. The van der Waals surface area contributed by atoms with Gasteiger partial charge in [0.25, 0.3) is 0 Å². The molecule has 0 aliphatic rings. The van der Waals surface area contributed by atoms with Crippen LogP contribution in [-0.4, -0.2) is 9.55 Å². The topological polar surface area (TPSA) is 21.1 Å². The molecule has 0 spiro atoms. The van der Waals surface area contributed by atoms with Gasteiger partial charge in [0, 0.05) is 39.4 Å². The van der Waals surface area contributed by atoms with Crippen molar-refractivity contribution in [2.24, 2.45) is 0 Å². The Bertz CT molecular complexity index is 3530. The van der Waals surface area contributed by atoms with Gasteiger partial charge in [-0.05, 0) is 127 Å². The Hall–Kier alpha value is -8.01. The fourth-order valence-corrected chi connectivity index (χ4v) is 9.59. The van der Waals surface area contributed by atoms with Crippen LogP contribution in [0, 0.1) is 0 Å². The SMILES string of the molecule is c1ccc(-c2c3ccccc3c(-c3ccc4c(c3)c3cccnc3n4-c3ccc(N(c4ccccc4)c4cc5ccccc5c5ccccc45)cc3)c3ccccc23)cc1. The quantitative estimate of drug-likeness (QED) is 0.124. The maximum Gasteiger partial charge on any atom is 0.145 e. The molecule has 2 heterocycles. The molecule has 280 valence electrons. The first-order valence-corrected chi connectivity index (χ1v) is 20.5. The minimum atomic E-state index is 0.937. The highest BCUT2D eigenvalue weighted by Crippen LogP contribution is 2.46. The number of fused-ring (bicyclic) bond motifs is 8. The third kappa shape index (κ3) is 5.33. The number of anilines is 3. The summed E-state index contributed by atoms with van der Waals surface area (Å²) in [7, 11) is 0. The molecule has 3 nitrogen and oxygen atoms in total. The van der Waals surface area contributed by atoms with Gasteiger partial charge in [0.15, 0.2) is 0 Å². The van der Waals surface area contributed by atoms with Crippen molar-refractivity contribution in [1.29, 1.82) is 0 Å². The number of para-hydroxylation sites is 1. The Balaban J connectivity index is 1.03. The molecule has 0 amide bonds. The molecule has 0 fully saturated rings. The van der Waals surface area contributed by atoms with E-state index in [-0.39, 0.29) is 0 Å². The number of aromatic nitrogens is 2. The second-order valence-electron chi connectivity index (χ2n) is 15.5. The van der Waals surface area contributed by atoms with E-state index in [9.17, 15) is 0 Å². The van der Waals surface area contributed by atoms with Crippen LogP contribution >= 0.6 is 0 Å². The maximum atomic E-state index is 5.01. The van der Waals surface area contributed by atoms with Crippen LogP contribution in [0.1, 0.15) is 0 Å². The lowest BCUT2D eigenvalue weighted by Crippen LogP contribution is -2.10. The van der Waals surface area contributed by atoms with Gasteiger partial charge in [-0.1, -0.05) is 152 Å². The lowest BCUT2D eigenvalue weighted by molar-refractivity contribution is 1.13. The zero-order valence-electron chi connectivity index (χ0n) is 32.7. The minimum Gasteiger partial charge on any atom is -0.310 e. The lowest BCUT2D eigenvalue weighted by atomic mass is 9.86. The van der Waals surface area contributed by atoms with Crippen molar-refractivity contribution in [3.05, 3.63) is 225 Å². The van der Waals surface area contributed by atoms with Crippen molar-refractivity contribution in [2.75, 3.05) is 4.90 Å². The summed E-state index contributed by atoms with van der Waals surface area (Å²) < 4.78 is 2.31. The van der Waals surface area contributed by atoms with Crippen molar-refractivity contribution in [3.8, 4) is 27.9 Å². The van der Waals surface area contributed by atoms with Crippen LogP contribution in [0.3, 0.4) is 0 Å². The van der Waals surface area contributed by atoms with Gasteiger partial charge in [0.05, 0.1) is 11.2 Å². The third-order valence-electron chi connectivity index (χ3n) is 12.2. The molecular formula is C57H37N3. The summed E-state index contributed by atoms with van der Waals surface area (Å²) in [6, 6.07) is 79.1. The summed E-state index contributed by atoms with van der Waals surface area (Å²) in [4.78, 5) is 7.39. The normalized spacial score (nSPS) is 11.7. The highest BCUT2D eigenvalue weighted by atomic mass is 15.1. The monoisotopic (exact) mass is 763 g/mol. The molecule has 2 aromatic heterocycles. The van der Waals surface area contributed by atoms with Gasteiger partial charge in [0.1, 0.15) is 5.65 Å². The zero-order chi connectivity index (χ0) is 39.6. The first-order chi connectivity index (χ1) is 29.8. The van der Waals surface area contributed by atoms with E-state index in [4.69, 9.17) is 4.98 Å². The summed E-state index contributed by atoms with van der Waals surface area (Å²) in [5.41, 5.74) is 11.4. The molecule has 0 saturated carbocycles. The van der Waals surface area contributed by atoms with Gasteiger partial charge in [-0.3, -0.25) is 4.57 Å². The standard InChI is InChI=1S/C57H37N3/c1-3-16-38(17-4-1)55-47-24-11-13-26-49(47)56(50-27-14-12-25-48(50)55)40-29-34-53-52(36-40)51-28-15-35-58-57(51)60(53)43-32-30-42(31-33-43)59(41-19-5-2-6-20-41)54-37-39-18-7-8-21-44(39)45-22-9-10-23-46(45)54/h1-37H. The van der Waals surface area contributed by atoms with Crippen LogP contribution in [0.25, 0.3) is 93.0 Å².